The van der Waals surface area contributed by atoms with Crippen molar-refractivity contribution in [2.24, 2.45) is 0 Å². The molecule has 0 amide bonds. The molecule has 2 heterocycles. The lowest BCUT2D eigenvalue weighted by Gasteiger charge is -2.36. The van der Waals surface area contributed by atoms with E-state index in [0.29, 0.717) is 24.3 Å². The second kappa shape index (κ2) is 4.45. The first-order valence-electron chi connectivity index (χ1n) is 6.11. The van der Waals surface area contributed by atoms with E-state index < -0.39 is 11.5 Å². The molecule has 1 N–H and O–H groups in total. The number of nitrogens with zero attached hydrogens (tertiary/aromatic N) is 1. The maximum atomic E-state index is 10.6. The lowest BCUT2D eigenvalue weighted by atomic mass is 9.71. The van der Waals surface area contributed by atoms with E-state index in [9.17, 15) is 10.4 Å². The van der Waals surface area contributed by atoms with Gasteiger partial charge in [-0.3, -0.25) is 0 Å². The fourth-order valence-electron chi connectivity index (χ4n) is 2.59. The highest BCUT2D eigenvalue weighted by atomic mass is 16.5. The smallest absolute Gasteiger partial charge is 0.124 e. The van der Waals surface area contributed by atoms with Gasteiger partial charge in [0.05, 0.1) is 25.2 Å². The average molecular weight is 255 g/mol. The number of aliphatic hydroxyl groups excluding tert-OH is 1. The van der Waals surface area contributed by atoms with E-state index in [0.717, 1.165) is 5.56 Å². The summed E-state index contributed by atoms with van der Waals surface area (Å²) in [4.78, 5) is 0. The van der Waals surface area contributed by atoms with Crippen molar-refractivity contribution in [1.82, 2.24) is 0 Å². The highest BCUT2D eigenvalue weighted by molar-refractivity contribution is 5.47. The Morgan fingerprint density at radius 3 is 2.89 bits per heavy atom. The molecule has 0 saturated heterocycles. The molecule has 2 atom stereocenters. The predicted octanol–water partition coefficient (Wildman–Crippen LogP) is 2.56. The summed E-state index contributed by atoms with van der Waals surface area (Å²) in [6.07, 6.45) is 2.49. The molecular formula is C15H13NO3. The summed E-state index contributed by atoms with van der Waals surface area (Å²) in [5.74, 6) is 0.665. The highest BCUT2D eigenvalue weighted by Gasteiger charge is 2.45. The van der Waals surface area contributed by atoms with Crippen LogP contribution in [0.15, 0.2) is 47.3 Å². The molecule has 4 nitrogen and oxygen atoms in total. The van der Waals surface area contributed by atoms with Crippen LogP contribution in [-0.2, 0) is 5.41 Å². The molecule has 0 radical (unpaired) electrons. The number of nitriles is 1. The Morgan fingerprint density at radius 2 is 2.16 bits per heavy atom. The molecule has 0 bridgehead atoms. The third-order valence-electron chi connectivity index (χ3n) is 3.65. The van der Waals surface area contributed by atoms with Crippen molar-refractivity contribution in [3.8, 4) is 11.8 Å². The zero-order chi connectivity index (χ0) is 13.3. The lowest BCUT2D eigenvalue weighted by molar-refractivity contribution is 0.0802. The third-order valence-corrected chi connectivity index (χ3v) is 3.65. The topological polar surface area (TPSA) is 66.4 Å². The molecule has 19 heavy (non-hydrogen) atoms. The molecule has 0 saturated carbocycles. The number of hydrogen-bond donors (Lipinski definition) is 1. The van der Waals surface area contributed by atoms with Gasteiger partial charge in [0.25, 0.3) is 0 Å². The molecule has 96 valence electrons. The van der Waals surface area contributed by atoms with Crippen LogP contribution in [0.2, 0.25) is 0 Å². The maximum Gasteiger partial charge on any atom is 0.124 e. The molecule has 0 fully saturated rings. The van der Waals surface area contributed by atoms with E-state index in [1.54, 1.807) is 6.07 Å². The third kappa shape index (κ3) is 1.71. The zero-order valence-electron chi connectivity index (χ0n) is 10.2. The van der Waals surface area contributed by atoms with Gasteiger partial charge in [-0.05, 0) is 12.1 Å². The van der Waals surface area contributed by atoms with Crippen molar-refractivity contribution in [3.05, 3.63) is 54.0 Å². The Balaban J connectivity index is 2.13. The molecule has 0 spiro atoms. The summed E-state index contributed by atoms with van der Waals surface area (Å²) in [7, 11) is 0. The van der Waals surface area contributed by atoms with E-state index in [1.165, 1.54) is 12.5 Å². The molecule has 1 aliphatic heterocycles. The van der Waals surface area contributed by atoms with E-state index in [4.69, 9.17) is 9.15 Å². The van der Waals surface area contributed by atoms with Crippen molar-refractivity contribution < 1.29 is 14.3 Å². The van der Waals surface area contributed by atoms with Gasteiger partial charge in [0, 0.05) is 17.5 Å². The molecule has 4 heteroatoms. The van der Waals surface area contributed by atoms with Crippen LogP contribution in [-0.4, -0.2) is 11.7 Å². The van der Waals surface area contributed by atoms with Crippen LogP contribution in [0.4, 0.5) is 0 Å². The molecule has 1 aromatic carbocycles. The molecule has 3 rings (SSSR count). The van der Waals surface area contributed by atoms with Gasteiger partial charge in [-0.1, -0.05) is 18.2 Å². The van der Waals surface area contributed by atoms with E-state index in [2.05, 4.69) is 6.07 Å². The van der Waals surface area contributed by atoms with Crippen molar-refractivity contribution >= 4 is 0 Å². The zero-order valence-corrected chi connectivity index (χ0v) is 10.2. The summed E-state index contributed by atoms with van der Waals surface area (Å²) in [6, 6.07) is 11.3. The van der Waals surface area contributed by atoms with Crippen molar-refractivity contribution in [2.75, 3.05) is 6.61 Å². The molecule has 2 unspecified atom stereocenters. The van der Waals surface area contributed by atoms with Crippen LogP contribution >= 0.6 is 0 Å². The monoisotopic (exact) mass is 255 g/mol. The van der Waals surface area contributed by atoms with Crippen molar-refractivity contribution in [2.45, 2.75) is 17.9 Å². The van der Waals surface area contributed by atoms with Gasteiger partial charge in [-0.25, -0.2) is 0 Å². The minimum atomic E-state index is -0.987. The summed E-state index contributed by atoms with van der Waals surface area (Å²) in [6.45, 7) is 0.416. The average Bonchev–Trinajstić information content (AvgIpc) is 3.00. The van der Waals surface area contributed by atoms with E-state index in [1.807, 2.05) is 24.3 Å². The number of rotatable bonds is 2. The number of ether oxygens (including phenoxy) is 1. The number of hydrogen-bond acceptors (Lipinski definition) is 4. The van der Waals surface area contributed by atoms with Crippen LogP contribution in [0.25, 0.3) is 0 Å². The predicted molar refractivity (Wildman–Crippen MR) is 67.5 cm³/mol. The van der Waals surface area contributed by atoms with Gasteiger partial charge < -0.3 is 14.3 Å². The van der Waals surface area contributed by atoms with Gasteiger partial charge in [0.1, 0.15) is 17.3 Å². The number of fused-ring (bicyclic) bond motifs is 1. The molecule has 1 aromatic heterocycles. The Bertz CT molecular complexity index is 615. The lowest BCUT2D eigenvalue weighted by Crippen LogP contribution is -2.37. The summed E-state index contributed by atoms with van der Waals surface area (Å²) >= 11 is 0. The quantitative estimate of drug-likeness (QED) is 0.895. The minimum Gasteiger partial charge on any atom is -0.493 e. The Kier molecular flexibility index (Phi) is 2.77. The summed E-state index contributed by atoms with van der Waals surface area (Å²) in [5.41, 5.74) is 0.356. The first kappa shape index (κ1) is 11.8. The molecule has 2 aromatic rings. The van der Waals surface area contributed by atoms with Gasteiger partial charge in [-0.2, -0.15) is 5.26 Å². The first-order chi connectivity index (χ1) is 9.28. The van der Waals surface area contributed by atoms with Crippen LogP contribution in [0.3, 0.4) is 0 Å². The van der Waals surface area contributed by atoms with Crippen LogP contribution in [0.5, 0.6) is 5.75 Å². The fraction of sp³-hybridized carbons (Fsp3) is 0.267. The molecule has 0 aliphatic carbocycles. The van der Waals surface area contributed by atoms with Crippen molar-refractivity contribution in [1.29, 1.82) is 5.26 Å². The number of benzene rings is 1. The SMILES string of the molecule is N#CC1(C(O)c2ccoc2)CCOc2ccccc21. The van der Waals surface area contributed by atoms with Gasteiger partial charge in [0.2, 0.25) is 0 Å². The van der Waals surface area contributed by atoms with Crippen LogP contribution in [0, 0.1) is 11.3 Å². The largest absolute Gasteiger partial charge is 0.493 e. The van der Waals surface area contributed by atoms with Crippen LogP contribution in [0.1, 0.15) is 23.7 Å². The normalized spacial score (nSPS) is 22.9. The minimum absolute atomic E-state index is 0.416. The Hall–Kier alpha value is -2.25. The molecule has 1 aliphatic rings. The van der Waals surface area contributed by atoms with Crippen LogP contribution < -0.4 is 4.74 Å². The standard InChI is InChI=1S/C15H13NO3/c16-10-15(14(17)11-5-7-18-9-11)6-8-19-13-4-2-1-3-12(13)15/h1-5,7,9,14,17H,6,8H2. The van der Waals surface area contributed by atoms with Gasteiger partial charge in [0.15, 0.2) is 0 Å². The van der Waals surface area contributed by atoms with E-state index >= 15 is 0 Å². The number of para-hydroxylation sites is 1. The number of furan rings is 1. The second-order valence-electron chi connectivity index (χ2n) is 4.64. The van der Waals surface area contributed by atoms with E-state index in [-0.39, 0.29) is 0 Å². The maximum absolute atomic E-state index is 10.6. The van der Waals surface area contributed by atoms with Gasteiger partial charge in [-0.15, -0.1) is 0 Å². The summed E-state index contributed by atoms with van der Waals surface area (Å²) in [5, 5.41) is 20.3. The Labute approximate surface area is 110 Å². The summed E-state index contributed by atoms with van der Waals surface area (Å²) < 4.78 is 10.6. The second-order valence-corrected chi connectivity index (χ2v) is 4.64. The van der Waals surface area contributed by atoms with Gasteiger partial charge >= 0.3 is 0 Å². The Morgan fingerprint density at radius 1 is 1.32 bits per heavy atom. The van der Waals surface area contributed by atoms with Crippen molar-refractivity contribution in [3.63, 3.8) is 0 Å². The fourth-order valence-corrected chi connectivity index (χ4v) is 2.59. The number of aliphatic hydroxyl groups is 1. The highest BCUT2D eigenvalue weighted by Crippen LogP contribution is 2.46. The first-order valence-corrected chi connectivity index (χ1v) is 6.11. The molecular weight excluding hydrogens is 242 g/mol.